The lowest BCUT2D eigenvalue weighted by molar-refractivity contribution is -0.0123. The largest absolute Gasteiger partial charge is 0.508 e. The number of alkyl halides is 1. The number of rotatable bonds is 5. The van der Waals surface area contributed by atoms with Crippen LogP contribution in [0.5, 0.6) is 11.8 Å². The molecule has 2 unspecified atom stereocenters. The molecule has 0 spiro atoms. The van der Waals surface area contributed by atoms with E-state index >= 15 is 8.78 Å². The van der Waals surface area contributed by atoms with E-state index in [1.165, 1.54) is 30.3 Å². The molecule has 2 aliphatic rings. The Hall–Kier alpha value is -4.24. The molecule has 3 aromatic carbocycles. The number of likely N-dealkylation sites (tertiary alicyclic amines) is 1. The number of nitrogens with zero attached hydrogens (tertiary/aromatic N) is 4. The molecule has 2 saturated heterocycles. The van der Waals surface area contributed by atoms with E-state index in [-0.39, 0.29) is 94.9 Å². The number of ether oxygens (including phenoxy) is 2. The van der Waals surface area contributed by atoms with E-state index in [1.54, 1.807) is 18.7 Å². The van der Waals surface area contributed by atoms with Crippen LogP contribution in [0.4, 0.5) is 19.0 Å². The van der Waals surface area contributed by atoms with Crippen molar-refractivity contribution in [1.29, 1.82) is 0 Å². The lowest BCUT2D eigenvalue weighted by Gasteiger charge is -2.43. The molecular weight excluding hydrogens is 633 g/mol. The van der Waals surface area contributed by atoms with Crippen molar-refractivity contribution in [2.45, 2.75) is 32.0 Å². The summed E-state index contributed by atoms with van der Waals surface area (Å²) in [4.78, 5) is 12.6. The summed E-state index contributed by atoms with van der Waals surface area (Å²) in [5.41, 5.74) is -2.28. The molecular formula is C35H34ClF3N4O4. The van der Waals surface area contributed by atoms with Crippen LogP contribution in [0.3, 0.4) is 0 Å². The van der Waals surface area contributed by atoms with Gasteiger partial charge in [-0.05, 0) is 55.5 Å². The highest BCUT2D eigenvalue weighted by Gasteiger charge is 2.43. The van der Waals surface area contributed by atoms with Gasteiger partial charge in [0.05, 0.1) is 35.8 Å². The minimum atomic E-state index is -1.27. The number of hydrogen-bond acceptors (Lipinski definition) is 8. The van der Waals surface area contributed by atoms with Gasteiger partial charge in [0.2, 0.25) is 0 Å². The minimum absolute atomic E-state index is 0.0555. The van der Waals surface area contributed by atoms with E-state index in [1.807, 2.05) is 11.9 Å². The number of fused-ring (bicyclic) bond motifs is 2. The first-order valence-corrected chi connectivity index (χ1v) is 15.5. The van der Waals surface area contributed by atoms with E-state index in [0.717, 1.165) is 0 Å². The number of β-amino-alcohol motifs (C(OH)–C–C–N with tert-alkyl or cyclic N) is 1. The number of aromatic nitrogens is 2. The van der Waals surface area contributed by atoms with Crippen LogP contribution in [-0.4, -0.2) is 83.4 Å². The average Bonchev–Trinajstić information content (AvgIpc) is 3.21. The molecule has 1 aromatic heterocycles. The Morgan fingerprint density at radius 2 is 1.98 bits per heavy atom. The maximum absolute atomic E-state index is 17.0. The molecule has 6 rings (SSSR count). The molecule has 12 heteroatoms. The van der Waals surface area contributed by atoms with Gasteiger partial charge in [-0.25, -0.2) is 13.2 Å². The molecule has 0 aliphatic carbocycles. The number of anilines is 1. The van der Waals surface area contributed by atoms with E-state index < -0.39 is 28.8 Å². The summed E-state index contributed by atoms with van der Waals surface area (Å²) in [5.74, 6) is 0.712. The van der Waals surface area contributed by atoms with Crippen molar-refractivity contribution in [2.75, 3.05) is 51.4 Å². The molecule has 47 heavy (non-hydrogen) atoms. The topological polar surface area (TPSA) is 91.2 Å². The van der Waals surface area contributed by atoms with Crippen molar-refractivity contribution in [1.82, 2.24) is 14.9 Å². The van der Waals surface area contributed by atoms with Gasteiger partial charge in [-0.15, -0.1) is 6.42 Å². The van der Waals surface area contributed by atoms with Gasteiger partial charge in [-0.1, -0.05) is 30.2 Å². The molecule has 2 aliphatic heterocycles. The van der Waals surface area contributed by atoms with Crippen LogP contribution < -0.4 is 9.64 Å². The summed E-state index contributed by atoms with van der Waals surface area (Å²) < 4.78 is 58.8. The zero-order chi connectivity index (χ0) is 33.8. The molecule has 2 fully saturated rings. The lowest BCUT2D eigenvalue weighted by atomic mass is 9.78. The predicted molar refractivity (Wildman–Crippen MR) is 176 cm³/mol. The van der Waals surface area contributed by atoms with Crippen molar-refractivity contribution in [2.24, 2.45) is 5.41 Å². The van der Waals surface area contributed by atoms with Gasteiger partial charge in [0, 0.05) is 42.2 Å². The number of aromatic hydroxyl groups is 1. The third kappa shape index (κ3) is 5.79. The number of piperidine rings is 1. The van der Waals surface area contributed by atoms with Crippen LogP contribution in [0.1, 0.15) is 25.8 Å². The molecule has 0 bridgehead atoms. The Morgan fingerprint density at radius 1 is 1.21 bits per heavy atom. The zero-order valence-corrected chi connectivity index (χ0v) is 27.0. The molecule has 0 amide bonds. The molecule has 3 heterocycles. The van der Waals surface area contributed by atoms with Crippen LogP contribution in [-0.2, 0) is 4.74 Å². The van der Waals surface area contributed by atoms with E-state index in [0.29, 0.717) is 17.6 Å². The summed E-state index contributed by atoms with van der Waals surface area (Å²) in [5, 5.41) is 22.2. The second kappa shape index (κ2) is 12.1. The summed E-state index contributed by atoms with van der Waals surface area (Å²) >= 11 is 6.79. The Balaban J connectivity index is 1.57. The predicted octanol–water partition coefficient (Wildman–Crippen LogP) is 6.23. The normalized spacial score (nSPS) is 23.6. The highest BCUT2D eigenvalue weighted by molar-refractivity contribution is 6.35. The molecule has 246 valence electrons. The fraction of sp³-hybridized carbons (Fsp3) is 0.371. The SMILES string of the molecule is C#Cc1c(F)ccc2cc(O)cc(-c3c(Cl)cc4c(N5CCOC[C@@](C)(O)C5)nc(OCC5(C)C(=C)N(C)CCC5F)nc4c3F)c12. The van der Waals surface area contributed by atoms with Crippen LogP contribution in [0, 0.1) is 29.4 Å². The van der Waals surface area contributed by atoms with Crippen molar-refractivity contribution >= 4 is 39.1 Å². The Kier molecular flexibility index (Phi) is 8.41. The maximum atomic E-state index is 17.0. The van der Waals surface area contributed by atoms with Crippen LogP contribution in [0.2, 0.25) is 5.02 Å². The third-order valence-corrected chi connectivity index (χ3v) is 9.39. The molecule has 4 aromatic rings. The zero-order valence-electron chi connectivity index (χ0n) is 26.2. The molecule has 0 saturated carbocycles. The molecule has 2 N–H and O–H groups in total. The lowest BCUT2D eigenvalue weighted by Crippen LogP contribution is -2.48. The van der Waals surface area contributed by atoms with Crippen molar-refractivity contribution in [3.05, 3.63) is 64.8 Å². The fourth-order valence-corrected chi connectivity index (χ4v) is 6.72. The van der Waals surface area contributed by atoms with Gasteiger partial charge < -0.3 is 29.5 Å². The van der Waals surface area contributed by atoms with Crippen LogP contribution in [0.25, 0.3) is 32.8 Å². The fourth-order valence-electron chi connectivity index (χ4n) is 6.42. The summed E-state index contributed by atoms with van der Waals surface area (Å²) in [6.45, 7) is 8.39. The Labute approximate surface area is 275 Å². The number of phenolic OH excluding ortho intramolecular Hbond substituents is 1. The average molecular weight is 667 g/mol. The van der Waals surface area contributed by atoms with Gasteiger partial charge in [0.1, 0.15) is 41.3 Å². The van der Waals surface area contributed by atoms with Crippen molar-refractivity contribution in [3.8, 4) is 35.2 Å². The number of hydrogen-bond donors (Lipinski definition) is 2. The summed E-state index contributed by atoms with van der Waals surface area (Å²) in [6.07, 6.45) is 4.69. The highest BCUT2D eigenvalue weighted by atomic mass is 35.5. The van der Waals surface area contributed by atoms with Crippen LogP contribution >= 0.6 is 11.6 Å². The van der Waals surface area contributed by atoms with E-state index in [2.05, 4.69) is 22.5 Å². The van der Waals surface area contributed by atoms with Crippen LogP contribution in [0.15, 0.2) is 42.6 Å². The first-order valence-electron chi connectivity index (χ1n) is 15.1. The van der Waals surface area contributed by atoms with Gasteiger partial charge in [-0.2, -0.15) is 9.97 Å². The number of terminal acetylenes is 1. The number of halogens is 4. The van der Waals surface area contributed by atoms with Gasteiger partial charge >= 0.3 is 6.01 Å². The smallest absolute Gasteiger partial charge is 0.319 e. The minimum Gasteiger partial charge on any atom is -0.508 e. The monoisotopic (exact) mass is 666 g/mol. The van der Waals surface area contributed by atoms with E-state index in [9.17, 15) is 14.6 Å². The number of phenols is 1. The third-order valence-electron chi connectivity index (χ3n) is 9.09. The van der Waals surface area contributed by atoms with Crippen molar-refractivity contribution in [3.63, 3.8) is 0 Å². The van der Waals surface area contributed by atoms with Crippen molar-refractivity contribution < 1.29 is 32.9 Å². The maximum Gasteiger partial charge on any atom is 0.319 e. The van der Waals surface area contributed by atoms with E-state index in [4.69, 9.17) is 27.5 Å². The number of benzene rings is 3. The molecule has 0 radical (unpaired) electrons. The first-order chi connectivity index (χ1) is 22.2. The Bertz CT molecular complexity index is 1970. The highest BCUT2D eigenvalue weighted by Crippen LogP contribution is 2.44. The summed E-state index contributed by atoms with van der Waals surface area (Å²) in [7, 11) is 1.83. The second-order valence-electron chi connectivity index (χ2n) is 12.7. The standard InChI is InChI=1S/C35H34ClF3N4O4/c1-6-22-26(37)8-7-20-13-21(44)14-23(28(20)22)29-25(36)15-24-31(30(29)39)40-33(41-32(24)43-11-12-46-17-34(3,45)16-43)47-18-35(4)19(2)42(5)10-9-27(35)38/h1,7-8,13-15,27,44-45H,2,9-12,16-18H2,3-5H3/t27?,34-,35?/m0/s1. The first kappa shape index (κ1) is 32.7. The molecule has 8 nitrogen and oxygen atoms in total. The van der Waals surface area contributed by atoms with Gasteiger partial charge in [0.15, 0.2) is 5.82 Å². The molecule has 3 atom stereocenters. The second-order valence-corrected chi connectivity index (χ2v) is 13.1. The van der Waals surface area contributed by atoms with Gasteiger partial charge in [0.25, 0.3) is 0 Å². The quantitative estimate of drug-likeness (QED) is 0.243. The van der Waals surface area contributed by atoms with Gasteiger partial charge in [-0.3, -0.25) is 0 Å². The number of aliphatic hydroxyl groups is 1. The summed E-state index contributed by atoms with van der Waals surface area (Å²) in [6, 6.07) is 6.47. The Morgan fingerprint density at radius 3 is 2.72 bits per heavy atom.